The molecule has 1 aromatic heterocycles. The molecular formula is C13H14ClN5O3. The van der Waals surface area contributed by atoms with Crippen LogP contribution >= 0.6 is 12.4 Å². The highest BCUT2D eigenvalue weighted by atomic mass is 35.5. The van der Waals surface area contributed by atoms with E-state index in [1.54, 1.807) is 29.2 Å². The first-order valence-electron chi connectivity index (χ1n) is 6.50. The van der Waals surface area contributed by atoms with E-state index in [0.717, 1.165) is 0 Å². The molecule has 1 saturated heterocycles. The van der Waals surface area contributed by atoms with Gasteiger partial charge in [0.2, 0.25) is 0 Å². The molecule has 1 aromatic carbocycles. The topological polar surface area (TPSA) is 101 Å². The van der Waals surface area contributed by atoms with Crippen LogP contribution in [0.15, 0.2) is 30.6 Å². The van der Waals surface area contributed by atoms with E-state index < -0.39 is 11.9 Å². The quantitative estimate of drug-likeness (QED) is 0.889. The second-order valence-electron chi connectivity index (χ2n) is 4.88. The maximum absolute atomic E-state index is 12.4. The highest BCUT2D eigenvalue weighted by molar-refractivity contribution is 5.95. The van der Waals surface area contributed by atoms with Gasteiger partial charge in [0.15, 0.2) is 0 Å². The minimum Gasteiger partial charge on any atom is -0.481 e. The number of aromatic nitrogens is 4. The van der Waals surface area contributed by atoms with Crippen LogP contribution in [-0.2, 0) is 4.79 Å². The first-order valence-corrected chi connectivity index (χ1v) is 6.50. The van der Waals surface area contributed by atoms with E-state index in [2.05, 4.69) is 15.5 Å². The third-order valence-electron chi connectivity index (χ3n) is 3.53. The molecule has 1 fully saturated rings. The van der Waals surface area contributed by atoms with Crippen LogP contribution in [0.25, 0.3) is 5.69 Å². The number of benzene rings is 1. The molecule has 1 aliphatic rings. The Kier molecular flexibility index (Phi) is 4.71. The van der Waals surface area contributed by atoms with Crippen LogP contribution in [0.2, 0.25) is 0 Å². The number of nitrogens with zero attached hydrogens (tertiary/aromatic N) is 5. The number of carbonyl (C=O) groups is 2. The Morgan fingerprint density at radius 1 is 1.32 bits per heavy atom. The summed E-state index contributed by atoms with van der Waals surface area (Å²) < 4.78 is 1.46. The Morgan fingerprint density at radius 3 is 2.77 bits per heavy atom. The van der Waals surface area contributed by atoms with Crippen LogP contribution in [0.3, 0.4) is 0 Å². The van der Waals surface area contributed by atoms with Crippen molar-refractivity contribution in [3.8, 4) is 5.69 Å². The smallest absolute Gasteiger partial charge is 0.308 e. The Hall–Kier alpha value is -2.48. The summed E-state index contributed by atoms with van der Waals surface area (Å²) in [6.07, 6.45) is 1.94. The normalized spacial score (nSPS) is 17.1. The minimum atomic E-state index is -0.854. The lowest BCUT2D eigenvalue weighted by atomic mass is 10.1. The molecule has 0 saturated carbocycles. The zero-order valence-corrected chi connectivity index (χ0v) is 12.3. The third-order valence-corrected chi connectivity index (χ3v) is 3.53. The lowest BCUT2D eigenvalue weighted by Gasteiger charge is -2.16. The number of carboxylic acids is 1. The molecule has 0 bridgehead atoms. The molecule has 1 amide bonds. The maximum atomic E-state index is 12.4. The molecule has 0 radical (unpaired) electrons. The van der Waals surface area contributed by atoms with Crippen molar-refractivity contribution in [2.75, 3.05) is 13.1 Å². The second-order valence-corrected chi connectivity index (χ2v) is 4.88. The zero-order valence-electron chi connectivity index (χ0n) is 11.5. The number of likely N-dealkylation sites (tertiary alicyclic amines) is 1. The van der Waals surface area contributed by atoms with Gasteiger partial charge in [-0.15, -0.1) is 17.5 Å². The van der Waals surface area contributed by atoms with Crippen molar-refractivity contribution in [2.45, 2.75) is 6.42 Å². The van der Waals surface area contributed by atoms with Gasteiger partial charge >= 0.3 is 5.97 Å². The Labute approximate surface area is 132 Å². The Morgan fingerprint density at radius 2 is 2.14 bits per heavy atom. The van der Waals surface area contributed by atoms with Gasteiger partial charge in [0, 0.05) is 18.7 Å². The van der Waals surface area contributed by atoms with E-state index in [4.69, 9.17) is 5.11 Å². The summed E-state index contributed by atoms with van der Waals surface area (Å²) in [5.41, 5.74) is 1.17. The highest BCUT2D eigenvalue weighted by Gasteiger charge is 2.31. The largest absolute Gasteiger partial charge is 0.481 e. The van der Waals surface area contributed by atoms with Crippen LogP contribution in [0.5, 0.6) is 0 Å². The molecule has 2 heterocycles. The molecule has 0 aliphatic carbocycles. The van der Waals surface area contributed by atoms with Crippen molar-refractivity contribution in [3.05, 3.63) is 36.2 Å². The number of hydrogen-bond acceptors (Lipinski definition) is 5. The fourth-order valence-electron chi connectivity index (χ4n) is 2.39. The second kappa shape index (κ2) is 6.52. The molecule has 0 spiro atoms. The molecule has 1 aliphatic heterocycles. The zero-order chi connectivity index (χ0) is 14.8. The number of aliphatic carboxylic acids is 1. The Bertz CT molecular complexity index is 676. The fourth-order valence-corrected chi connectivity index (χ4v) is 2.39. The monoisotopic (exact) mass is 323 g/mol. The van der Waals surface area contributed by atoms with Crippen molar-refractivity contribution in [1.29, 1.82) is 0 Å². The molecule has 2 aromatic rings. The average Bonchev–Trinajstić information content (AvgIpc) is 3.18. The van der Waals surface area contributed by atoms with Gasteiger partial charge in [0.05, 0.1) is 11.6 Å². The molecule has 3 rings (SSSR count). The van der Waals surface area contributed by atoms with Gasteiger partial charge in [-0.1, -0.05) is 6.07 Å². The van der Waals surface area contributed by atoms with Crippen molar-refractivity contribution >= 4 is 24.3 Å². The number of amides is 1. The minimum absolute atomic E-state index is 0. The molecular weight excluding hydrogens is 310 g/mol. The van der Waals surface area contributed by atoms with Crippen LogP contribution in [0, 0.1) is 5.92 Å². The van der Waals surface area contributed by atoms with E-state index in [1.165, 1.54) is 11.0 Å². The number of hydrogen-bond donors (Lipinski definition) is 1. The molecule has 8 nitrogen and oxygen atoms in total. The van der Waals surface area contributed by atoms with Crippen molar-refractivity contribution < 1.29 is 14.7 Å². The fraction of sp³-hybridized carbons (Fsp3) is 0.308. The highest BCUT2D eigenvalue weighted by Crippen LogP contribution is 2.19. The summed E-state index contributed by atoms with van der Waals surface area (Å²) in [7, 11) is 0. The van der Waals surface area contributed by atoms with Crippen LogP contribution in [0.1, 0.15) is 16.8 Å². The number of halogens is 1. The van der Waals surface area contributed by atoms with E-state index in [1.807, 2.05) is 0 Å². The molecule has 9 heteroatoms. The van der Waals surface area contributed by atoms with Crippen molar-refractivity contribution in [2.24, 2.45) is 5.92 Å². The van der Waals surface area contributed by atoms with Crippen molar-refractivity contribution in [3.63, 3.8) is 0 Å². The average molecular weight is 324 g/mol. The number of carboxylic acid groups (broad SMARTS) is 1. The summed E-state index contributed by atoms with van der Waals surface area (Å²) in [6, 6.07) is 6.92. The standard InChI is InChI=1S/C13H13N5O3.ClH/c19-12(17-5-4-10(7-17)13(20)21)9-2-1-3-11(6-9)18-8-14-15-16-18;/h1-3,6,8,10H,4-5,7H2,(H,20,21);1H. The molecule has 1 atom stereocenters. The van der Waals surface area contributed by atoms with E-state index in [0.29, 0.717) is 24.2 Å². The Balaban J connectivity index is 0.00000176. The lowest BCUT2D eigenvalue weighted by molar-refractivity contribution is -0.141. The van der Waals surface area contributed by atoms with Gasteiger partial charge in [-0.25, -0.2) is 4.68 Å². The van der Waals surface area contributed by atoms with Gasteiger partial charge in [0.25, 0.3) is 5.91 Å². The molecule has 1 N–H and O–H groups in total. The summed E-state index contributed by atoms with van der Waals surface area (Å²) in [5, 5.41) is 19.9. The van der Waals surface area contributed by atoms with Crippen LogP contribution in [-0.4, -0.2) is 55.2 Å². The summed E-state index contributed by atoms with van der Waals surface area (Å²) in [5.74, 6) is -1.50. The van der Waals surface area contributed by atoms with E-state index in [9.17, 15) is 9.59 Å². The lowest BCUT2D eigenvalue weighted by Crippen LogP contribution is -2.30. The first-order chi connectivity index (χ1) is 10.1. The third kappa shape index (κ3) is 3.06. The predicted molar refractivity (Wildman–Crippen MR) is 78.0 cm³/mol. The number of rotatable bonds is 3. The van der Waals surface area contributed by atoms with Crippen LogP contribution < -0.4 is 0 Å². The van der Waals surface area contributed by atoms with Gasteiger partial charge < -0.3 is 10.0 Å². The molecule has 116 valence electrons. The van der Waals surface area contributed by atoms with Crippen LogP contribution in [0.4, 0.5) is 0 Å². The molecule has 22 heavy (non-hydrogen) atoms. The SMILES string of the molecule is Cl.O=C(O)C1CCN(C(=O)c2cccc(-n3cnnn3)c2)C1. The summed E-state index contributed by atoms with van der Waals surface area (Å²) in [4.78, 5) is 24.9. The van der Waals surface area contributed by atoms with Crippen molar-refractivity contribution in [1.82, 2.24) is 25.1 Å². The van der Waals surface area contributed by atoms with Gasteiger partial charge in [-0.2, -0.15) is 0 Å². The number of tetrazole rings is 1. The van der Waals surface area contributed by atoms with E-state index >= 15 is 0 Å². The molecule has 1 unspecified atom stereocenters. The van der Waals surface area contributed by atoms with Gasteiger partial charge in [-0.05, 0) is 35.0 Å². The number of carbonyl (C=O) groups excluding carboxylic acids is 1. The van der Waals surface area contributed by atoms with Gasteiger partial charge in [0.1, 0.15) is 6.33 Å². The summed E-state index contributed by atoms with van der Waals surface area (Å²) >= 11 is 0. The predicted octanol–water partition coefficient (Wildman–Crippen LogP) is 0.631. The first kappa shape index (κ1) is 15.9. The summed E-state index contributed by atoms with van der Waals surface area (Å²) in [6.45, 7) is 0.716. The van der Waals surface area contributed by atoms with Gasteiger partial charge in [-0.3, -0.25) is 9.59 Å². The maximum Gasteiger partial charge on any atom is 0.308 e. The van der Waals surface area contributed by atoms with E-state index in [-0.39, 0.29) is 24.9 Å².